The van der Waals surface area contributed by atoms with Crippen molar-refractivity contribution in [3.05, 3.63) is 53.2 Å². The summed E-state index contributed by atoms with van der Waals surface area (Å²) in [6.07, 6.45) is 5.37. The Morgan fingerprint density at radius 1 is 1.06 bits per heavy atom. The Labute approximate surface area is 192 Å². The van der Waals surface area contributed by atoms with Crippen molar-refractivity contribution in [2.75, 3.05) is 19.5 Å². The molecule has 1 aliphatic heterocycles. The number of aryl methyl sites for hydroxylation is 2. The van der Waals surface area contributed by atoms with E-state index < -0.39 is 0 Å². The normalized spacial score (nSPS) is 17.2. The lowest BCUT2D eigenvalue weighted by Gasteiger charge is -2.35. The number of methoxy groups -OCH3 is 2. The minimum Gasteiger partial charge on any atom is -0.493 e. The molecule has 2 aliphatic rings. The van der Waals surface area contributed by atoms with Gasteiger partial charge in [0.15, 0.2) is 23.1 Å². The number of hydrogen-bond donors (Lipinski definition) is 1. The molecule has 1 saturated carbocycles. The molecule has 1 atom stereocenters. The Bertz CT molecular complexity index is 1370. The highest BCUT2D eigenvalue weighted by Crippen LogP contribution is 2.51. The molecule has 0 saturated heterocycles. The summed E-state index contributed by atoms with van der Waals surface area (Å²) < 4.78 is 13.5. The van der Waals surface area contributed by atoms with Crippen molar-refractivity contribution in [1.82, 2.24) is 24.6 Å². The van der Waals surface area contributed by atoms with Gasteiger partial charge in [-0.25, -0.2) is 14.5 Å². The van der Waals surface area contributed by atoms with Crippen LogP contribution < -0.4 is 14.8 Å². The average molecular weight is 443 g/mol. The first kappa shape index (κ1) is 20.0. The number of pyridine rings is 1. The van der Waals surface area contributed by atoms with Crippen molar-refractivity contribution in [3.63, 3.8) is 0 Å². The molecule has 4 heterocycles. The highest BCUT2D eigenvalue weighted by atomic mass is 16.5. The lowest BCUT2D eigenvalue weighted by molar-refractivity contribution is 0.274. The fraction of sp³-hybridized carbons (Fsp3) is 0.360. The molecule has 1 unspecified atom stereocenters. The van der Waals surface area contributed by atoms with Gasteiger partial charge in [0.2, 0.25) is 0 Å². The summed E-state index contributed by atoms with van der Waals surface area (Å²) in [5, 5.41) is 8.39. The first-order chi connectivity index (χ1) is 16.1. The maximum absolute atomic E-state index is 5.84. The monoisotopic (exact) mass is 442 g/mol. The van der Waals surface area contributed by atoms with Crippen molar-refractivity contribution in [1.29, 1.82) is 0 Å². The molecule has 6 rings (SSSR count). The lowest BCUT2D eigenvalue weighted by atomic mass is 9.71. The van der Waals surface area contributed by atoms with Crippen molar-refractivity contribution in [2.24, 2.45) is 5.92 Å². The van der Waals surface area contributed by atoms with Gasteiger partial charge in [-0.2, -0.15) is 0 Å². The molecule has 8 nitrogen and oxygen atoms in total. The molecule has 0 radical (unpaired) electrons. The number of nitrogens with one attached hydrogen (secondary N) is 1. The largest absolute Gasteiger partial charge is 0.493 e. The molecule has 1 fully saturated rings. The Balaban J connectivity index is 1.64. The quantitative estimate of drug-likeness (QED) is 0.485. The van der Waals surface area contributed by atoms with E-state index in [9.17, 15) is 0 Å². The van der Waals surface area contributed by atoms with Crippen LogP contribution in [0.4, 0.5) is 11.5 Å². The molecule has 1 aliphatic carbocycles. The summed E-state index contributed by atoms with van der Waals surface area (Å²) in [6.45, 7) is 3.96. The predicted octanol–water partition coefficient (Wildman–Crippen LogP) is 4.81. The van der Waals surface area contributed by atoms with Gasteiger partial charge in [0.1, 0.15) is 11.3 Å². The van der Waals surface area contributed by atoms with Gasteiger partial charge in [-0.1, -0.05) is 6.42 Å². The van der Waals surface area contributed by atoms with Gasteiger partial charge in [0, 0.05) is 40.7 Å². The average Bonchev–Trinajstić information content (AvgIpc) is 3.11. The topological polar surface area (TPSA) is 86.5 Å². The van der Waals surface area contributed by atoms with Gasteiger partial charge in [-0.15, -0.1) is 5.10 Å². The molecule has 1 aromatic carbocycles. The van der Waals surface area contributed by atoms with Gasteiger partial charge in [-0.3, -0.25) is 4.98 Å². The molecule has 1 N–H and O–H groups in total. The highest BCUT2D eigenvalue weighted by Gasteiger charge is 2.38. The van der Waals surface area contributed by atoms with Gasteiger partial charge in [0.05, 0.1) is 19.9 Å². The summed E-state index contributed by atoms with van der Waals surface area (Å²) >= 11 is 0. The molecule has 0 spiro atoms. The van der Waals surface area contributed by atoms with E-state index in [1.165, 1.54) is 6.42 Å². The second-order valence-corrected chi connectivity index (χ2v) is 8.87. The predicted molar refractivity (Wildman–Crippen MR) is 125 cm³/mol. The maximum atomic E-state index is 5.84. The fourth-order valence-electron chi connectivity index (χ4n) is 5.02. The Hall–Kier alpha value is -3.68. The van der Waals surface area contributed by atoms with Crippen molar-refractivity contribution < 1.29 is 9.47 Å². The minimum atomic E-state index is 0.0857. The van der Waals surface area contributed by atoms with Gasteiger partial charge in [0.25, 0.3) is 0 Å². The zero-order valence-corrected chi connectivity index (χ0v) is 19.2. The number of benzene rings is 1. The number of hydrogen-bond acceptors (Lipinski definition) is 7. The summed E-state index contributed by atoms with van der Waals surface area (Å²) in [5.74, 6) is 4.22. The zero-order chi connectivity index (χ0) is 22.7. The Morgan fingerprint density at radius 2 is 1.91 bits per heavy atom. The lowest BCUT2D eigenvalue weighted by Crippen LogP contribution is -2.24. The number of imidazole rings is 1. The fourth-order valence-corrected chi connectivity index (χ4v) is 5.02. The van der Waals surface area contributed by atoms with Crippen molar-refractivity contribution >= 4 is 17.0 Å². The highest BCUT2D eigenvalue weighted by molar-refractivity contribution is 5.81. The molecule has 4 aromatic rings. The number of ether oxygens (including phenoxy) is 2. The van der Waals surface area contributed by atoms with E-state index in [0.29, 0.717) is 17.5 Å². The van der Waals surface area contributed by atoms with E-state index in [0.717, 1.165) is 64.0 Å². The summed E-state index contributed by atoms with van der Waals surface area (Å²) in [6, 6.07) is 8.08. The van der Waals surface area contributed by atoms with Gasteiger partial charge < -0.3 is 14.8 Å². The summed E-state index contributed by atoms with van der Waals surface area (Å²) in [5.41, 5.74) is 5.73. The summed E-state index contributed by atoms with van der Waals surface area (Å²) in [7, 11) is 3.37. The maximum Gasteiger partial charge on any atom is 0.183 e. The van der Waals surface area contributed by atoms with E-state index in [-0.39, 0.29) is 5.92 Å². The number of nitrogens with zero attached hydrogens (tertiary/aromatic N) is 5. The van der Waals surface area contributed by atoms with Crippen molar-refractivity contribution in [3.8, 4) is 22.9 Å². The van der Waals surface area contributed by atoms with Crippen molar-refractivity contribution in [2.45, 2.75) is 39.0 Å². The third-order valence-corrected chi connectivity index (χ3v) is 6.87. The molecule has 0 amide bonds. The Kier molecular flexibility index (Phi) is 4.50. The summed E-state index contributed by atoms with van der Waals surface area (Å²) in [4.78, 5) is 14.4. The Morgan fingerprint density at radius 3 is 2.58 bits per heavy atom. The molecule has 168 valence electrons. The van der Waals surface area contributed by atoms with E-state index in [2.05, 4.69) is 16.4 Å². The van der Waals surface area contributed by atoms with Crippen LogP contribution in [0.1, 0.15) is 48.0 Å². The minimum absolute atomic E-state index is 0.0857. The van der Waals surface area contributed by atoms with E-state index >= 15 is 0 Å². The van der Waals surface area contributed by atoms with Crippen LogP contribution in [-0.2, 0) is 0 Å². The van der Waals surface area contributed by atoms with Crippen LogP contribution in [0.25, 0.3) is 16.9 Å². The third kappa shape index (κ3) is 3.04. The SMILES string of the molecule is COc1cc2cc(c1OC)C(C1CCC1)c1nc(C)n3nc(-c4ccc(C)nc4)nc(c13)N2. The molecule has 33 heavy (non-hydrogen) atoms. The number of fused-ring (bicyclic) bond motifs is 2. The molecular formula is C25H26N6O2. The smallest absolute Gasteiger partial charge is 0.183 e. The van der Waals surface area contributed by atoms with Crippen LogP contribution >= 0.6 is 0 Å². The number of aromatic nitrogens is 5. The third-order valence-electron chi connectivity index (χ3n) is 6.87. The first-order valence-electron chi connectivity index (χ1n) is 11.3. The van der Waals surface area contributed by atoms with Crippen LogP contribution in [0, 0.1) is 19.8 Å². The standard InChI is InChI=1S/C25H26N6O2/c1-13-8-9-16(12-26-13)24-29-25-22-21(27-14(2)31(22)30-24)20(15-6-5-7-15)18-10-17(28-25)11-19(32-3)23(18)33-4/h8-12,15,20H,5-7H2,1-4H3,(H,28,29,30). The van der Waals surface area contributed by atoms with Crippen LogP contribution in [-0.4, -0.2) is 38.8 Å². The van der Waals surface area contributed by atoms with E-state index in [1.807, 2.05) is 42.8 Å². The number of rotatable bonds is 4. The molecule has 2 bridgehead atoms. The van der Waals surface area contributed by atoms with Crippen LogP contribution in [0.15, 0.2) is 30.5 Å². The van der Waals surface area contributed by atoms with Gasteiger partial charge in [-0.05, 0) is 50.8 Å². The van der Waals surface area contributed by atoms with E-state index in [1.54, 1.807) is 14.2 Å². The van der Waals surface area contributed by atoms with Crippen LogP contribution in [0.5, 0.6) is 11.5 Å². The molecular weight excluding hydrogens is 416 g/mol. The zero-order valence-electron chi connectivity index (χ0n) is 19.2. The van der Waals surface area contributed by atoms with Gasteiger partial charge >= 0.3 is 0 Å². The van der Waals surface area contributed by atoms with Crippen LogP contribution in [0.3, 0.4) is 0 Å². The molecule has 8 heteroatoms. The second-order valence-electron chi connectivity index (χ2n) is 8.87. The molecule has 3 aromatic heterocycles. The second kappa shape index (κ2) is 7.43. The van der Waals surface area contributed by atoms with Crippen LogP contribution in [0.2, 0.25) is 0 Å². The van der Waals surface area contributed by atoms with E-state index in [4.69, 9.17) is 24.5 Å². The first-order valence-corrected chi connectivity index (χ1v) is 11.3. The number of anilines is 2.